The molecule has 0 aromatic heterocycles. The third kappa shape index (κ3) is 4.53. The second-order valence-electron chi connectivity index (χ2n) is 5.24. The number of para-hydroxylation sites is 2. The van der Waals surface area contributed by atoms with Gasteiger partial charge in [-0.15, -0.1) is 0 Å². The number of sulfonamides is 1. The van der Waals surface area contributed by atoms with Crippen LogP contribution < -0.4 is 14.4 Å². The van der Waals surface area contributed by atoms with Gasteiger partial charge in [0.1, 0.15) is 12.3 Å². The highest BCUT2D eigenvalue weighted by Crippen LogP contribution is 2.32. The number of methoxy groups -OCH3 is 1. The van der Waals surface area contributed by atoms with E-state index in [1.54, 1.807) is 18.2 Å². The van der Waals surface area contributed by atoms with Crippen molar-refractivity contribution in [3.05, 3.63) is 48.5 Å². The molecule has 26 heavy (non-hydrogen) atoms. The fourth-order valence-electron chi connectivity index (χ4n) is 2.29. The number of benzene rings is 2. The first-order chi connectivity index (χ1) is 12.3. The van der Waals surface area contributed by atoms with Crippen LogP contribution >= 0.6 is 11.6 Å². The monoisotopic (exact) mass is 396 g/mol. The summed E-state index contributed by atoms with van der Waals surface area (Å²) >= 11 is 5.46. The number of anilines is 2. The summed E-state index contributed by atoms with van der Waals surface area (Å²) in [7, 11) is -2.69. The molecule has 0 atom stereocenters. The molecular formula is C17H17ClN2O5S. The topological polar surface area (TPSA) is 92.8 Å². The van der Waals surface area contributed by atoms with Crippen molar-refractivity contribution in [3.63, 3.8) is 0 Å². The summed E-state index contributed by atoms with van der Waals surface area (Å²) in [5, 5.41) is 1.71. The van der Waals surface area contributed by atoms with Gasteiger partial charge in [-0.1, -0.05) is 12.1 Å². The van der Waals surface area contributed by atoms with Crippen molar-refractivity contribution in [2.45, 2.75) is 11.8 Å². The molecule has 2 aromatic carbocycles. The zero-order valence-electron chi connectivity index (χ0n) is 14.1. The van der Waals surface area contributed by atoms with Crippen molar-refractivity contribution in [1.82, 2.24) is 0 Å². The number of rotatable bonds is 7. The summed E-state index contributed by atoms with van der Waals surface area (Å²) in [6, 6.07) is 12.0. The molecule has 1 amide bonds. The predicted molar refractivity (Wildman–Crippen MR) is 99.1 cm³/mol. The molecule has 0 unspecified atom stereocenters. The largest absolute Gasteiger partial charge is 0.495 e. The molecule has 0 saturated carbocycles. The lowest BCUT2D eigenvalue weighted by Gasteiger charge is -2.24. The summed E-state index contributed by atoms with van der Waals surface area (Å²) in [6.45, 7) is 0.790. The summed E-state index contributed by atoms with van der Waals surface area (Å²) in [4.78, 5) is 22.5. The highest BCUT2D eigenvalue weighted by atomic mass is 35.5. The first-order valence-electron chi connectivity index (χ1n) is 7.47. The van der Waals surface area contributed by atoms with E-state index in [2.05, 4.69) is 5.32 Å². The van der Waals surface area contributed by atoms with E-state index in [9.17, 15) is 18.0 Å². The maximum atomic E-state index is 13.0. The molecular weight excluding hydrogens is 380 g/mol. The molecule has 2 rings (SSSR count). The van der Waals surface area contributed by atoms with Crippen molar-refractivity contribution in [3.8, 4) is 5.75 Å². The maximum Gasteiger partial charge on any atom is 0.264 e. The zero-order chi connectivity index (χ0) is 19.3. The van der Waals surface area contributed by atoms with Gasteiger partial charge in [0.25, 0.3) is 10.0 Å². The van der Waals surface area contributed by atoms with Crippen LogP contribution in [0.3, 0.4) is 0 Å². The zero-order valence-corrected chi connectivity index (χ0v) is 15.7. The van der Waals surface area contributed by atoms with E-state index in [0.717, 1.165) is 4.31 Å². The van der Waals surface area contributed by atoms with Crippen LogP contribution in [0, 0.1) is 0 Å². The molecule has 0 bridgehead atoms. The van der Waals surface area contributed by atoms with Gasteiger partial charge in [-0.3, -0.25) is 13.9 Å². The molecule has 138 valence electrons. The Morgan fingerprint density at radius 3 is 2.27 bits per heavy atom. The lowest BCUT2D eigenvalue weighted by atomic mass is 10.3. The van der Waals surface area contributed by atoms with Gasteiger partial charge in [0.15, 0.2) is 0 Å². The molecule has 0 spiro atoms. The minimum absolute atomic E-state index is 0.0598. The smallest absolute Gasteiger partial charge is 0.264 e. The van der Waals surface area contributed by atoms with Crippen molar-refractivity contribution >= 4 is 44.1 Å². The number of halogens is 1. The average Bonchev–Trinajstić information content (AvgIpc) is 2.59. The lowest BCUT2D eigenvalue weighted by Crippen LogP contribution is -2.34. The Morgan fingerprint density at radius 1 is 1.12 bits per heavy atom. The van der Waals surface area contributed by atoms with Crippen LogP contribution in [0.4, 0.5) is 11.4 Å². The van der Waals surface area contributed by atoms with Crippen molar-refractivity contribution < 1.29 is 22.7 Å². The Bertz CT molecular complexity index is 913. The third-order valence-corrected chi connectivity index (χ3v) is 5.28. The molecule has 0 radical (unpaired) electrons. The number of carbonyl (C=O) groups excluding carboxylic acids is 2. The van der Waals surface area contributed by atoms with Gasteiger partial charge in [-0.05, 0) is 48.0 Å². The van der Waals surface area contributed by atoms with E-state index in [4.69, 9.17) is 16.3 Å². The maximum absolute atomic E-state index is 13.0. The molecule has 0 aliphatic carbocycles. The molecule has 7 nitrogen and oxygen atoms in total. The molecule has 2 aromatic rings. The van der Waals surface area contributed by atoms with Crippen molar-refractivity contribution in [2.75, 3.05) is 23.3 Å². The molecule has 0 fully saturated rings. The Balaban J connectivity index is 2.49. The quantitative estimate of drug-likeness (QED) is 0.726. The first kappa shape index (κ1) is 19.7. The highest BCUT2D eigenvalue weighted by Gasteiger charge is 2.28. The molecule has 0 aliphatic heterocycles. The first-order valence-corrected chi connectivity index (χ1v) is 9.29. The van der Waals surface area contributed by atoms with E-state index < -0.39 is 21.8 Å². The Labute approximate surface area is 156 Å². The summed E-state index contributed by atoms with van der Waals surface area (Å²) in [6.07, 6.45) is 0. The number of hydrogen-bond donors (Lipinski definition) is 1. The number of carbonyl (C=O) groups is 2. The Kier molecular flexibility index (Phi) is 6.23. The molecule has 0 heterocycles. The van der Waals surface area contributed by atoms with Crippen LogP contribution in [0.1, 0.15) is 6.92 Å². The molecule has 1 N–H and O–H groups in total. The van der Waals surface area contributed by atoms with Crippen LogP contribution in [0.25, 0.3) is 0 Å². The second-order valence-corrected chi connectivity index (χ2v) is 7.53. The standard InChI is InChI=1S/C17H17ClN2O5S/c1-12(21)19-13-7-9-14(10-8-13)26(23,24)20(11-17(18)22)15-5-3-4-6-16(15)25-2/h3-10H,11H2,1-2H3,(H,19,21). The van der Waals surface area contributed by atoms with E-state index >= 15 is 0 Å². The highest BCUT2D eigenvalue weighted by molar-refractivity contribution is 7.92. The molecule has 0 aliphatic rings. The fraction of sp³-hybridized carbons (Fsp3) is 0.176. The Morgan fingerprint density at radius 2 is 1.73 bits per heavy atom. The van der Waals surface area contributed by atoms with Gasteiger partial charge in [0.05, 0.1) is 17.7 Å². The minimum atomic E-state index is -4.09. The summed E-state index contributed by atoms with van der Waals surface area (Å²) < 4.78 is 32.2. The van der Waals surface area contributed by atoms with E-state index in [1.807, 2.05) is 0 Å². The Hall–Kier alpha value is -2.58. The SMILES string of the molecule is COc1ccccc1N(CC(=O)Cl)S(=O)(=O)c1ccc(NC(C)=O)cc1. The summed E-state index contributed by atoms with van der Waals surface area (Å²) in [5.74, 6) is 0.00727. The van der Waals surface area contributed by atoms with Gasteiger partial charge in [0.2, 0.25) is 11.1 Å². The van der Waals surface area contributed by atoms with Crippen LogP contribution in [0.15, 0.2) is 53.4 Å². The number of nitrogens with zero attached hydrogens (tertiary/aromatic N) is 1. The number of amides is 1. The van der Waals surface area contributed by atoms with E-state index in [1.165, 1.54) is 44.4 Å². The fourth-order valence-corrected chi connectivity index (χ4v) is 3.91. The van der Waals surface area contributed by atoms with Crippen LogP contribution in [-0.2, 0) is 19.6 Å². The van der Waals surface area contributed by atoms with Gasteiger partial charge in [-0.25, -0.2) is 8.42 Å². The van der Waals surface area contributed by atoms with Crippen molar-refractivity contribution in [2.24, 2.45) is 0 Å². The van der Waals surface area contributed by atoms with Gasteiger partial charge in [0, 0.05) is 12.6 Å². The average molecular weight is 397 g/mol. The van der Waals surface area contributed by atoms with Gasteiger partial charge in [-0.2, -0.15) is 0 Å². The number of hydrogen-bond acceptors (Lipinski definition) is 5. The van der Waals surface area contributed by atoms with Crippen LogP contribution in [-0.4, -0.2) is 33.2 Å². The van der Waals surface area contributed by atoms with E-state index in [0.29, 0.717) is 5.69 Å². The van der Waals surface area contributed by atoms with Crippen LogP contribution in [0.2, 0.25) is 0 Å². The van der Waals surface area contributed by atoms with Crippen molar-refractivity contribution in [1.29, 1.82) is 0 Å². The number of ether oxygens (including phenoxy) is 1. The second kappa shape index (κ2) is 8.20. The molecule has 0 saturated heterocycles. The lowest BCUT2D eigenvalue weighted by molar-refractivity contribution is -0.114. The van der Waals surface area contributed by atoms with Gasteiger partial charge >= 0.3 is 0 Å². The van der Waals surface area contributed by atoms with Gasteiger partial charge < -0.3 is 10.1 Å². The number of nitrogens with one attached hydrogen (secondary N) is 1. The predicted octanol–water partition coefficient (Wildman–Crippen LogP) is 2.61. The minimum Gasteiger partial charge on any atom is -0.495 e. The third-order valence-electron chi connectivity index (χ3n) is 3.38. The summed E-state index contributed by atoms with van der Waals surface area (Å²) in [5.41, 5.74) is 0.642. The van der Waals surface area contributed by atoms with Crippen LogP contribution in [0.5, 0.6) is 5.75 Å². The normalized spacial score (nSPS) is 10.9. The molecule has 9 heteroatoms. The van der Waals surface area contributed by atoms with E-state index in [-0.39, 0.29) is 22.2 Å².